The van der Waals surface area contributed by atoms with Crippen molar-refractivity contribution >= 4 is 29.2 Å². The summed E-state index contributed by atoms with van der Waals surface area (Å²) in [6.07, 6.45) is 1.02. The van der Waals surface area contributed by atoms with E-state index in [1.807, 2.05) is 0 Å². The maximum atomic E-state index is 13.2. The molecule has 0 unspecified atom stereocenters. The first kappa shape index (κ1) is 19.9. The molecule has 2 heterocycles. The number of carbonyl (C=O) groups is 2. The van der Waals surface area contributed by atoms with E-state index < -0.39 is 5.82 Å². The van der Waals surface area contributed by atoms with Crippen LogP contribution in [0.3, 0.4) is 0 Å². The molecule has 2 N–H and O–H groups in total. The average molecular weight is 399 g/mol. The maximum Gasteiger partial charge on any atom is 0.319 e. The molecule has 2 fully saturated rings. The number of amides is 3. The minimum Gasteiger partial charge on any atom is -0.375 e. The fourth-order valence-electron chi connectivity index (χ4n) is 3.47. The zero-order valence-corrected chi connectivity index (χ0v) is 16.1. The third-order valence-electron chi connectivity index (χ3n) is 4.90. The molecule has 27 heavy (non-hydrogen) atoms. The van der Waals surface area contributed by atoms with Crippen LogP contribution in [0.1, 0.15) is 12.8 Å². The Kier molecular flexibility index (Phi) is 6.18. The van der Waals surface area contributed by atoms with Crippen LogP contribution in [-0.4, -0.2) is 73.7 Å². The van der Waals surface area contributed by atoms with Gasteiger partial charge in [-0.15, -0.1) is 0 Å². The van der Waals surface area contributed by atoms with E-state index in [-0.39, 0.29) is 35.1 Å². The van der Waals surface area contributed by atoms with Crippen molar-refractivity contribution in [3.63, 3.8) is 0 Å². The number of carbonyl (C=O) groups excluding carboxylic acids is 2. The maximum absolute atomic E-state index is 13.2. The van der Waals surface area contributed by atoms with E-state index in [0.29, 0.717) is 31.8 Å². The number of anilines is 1. The molecule has 0 aromatic heterocycles. The van der Waals surface area contributed by atoms with Crippen molar-refractivity contribution in [3.8, 4) is 0 Å². The van der Waals surface area contributed by atoms with Crippen LogP contribution in [0.5, 0.6) is 0 Å². The first-order chi connectivity index (χ1) is 12.8. The van der Waals surface area contributed by atoms with Gasteiger partial charge >= 0.3 is 6.03 Å². The molecule has 148 valence electrons. The molecule has 3 rings (SSSR count). The molecule has 3 atom stereocenters. The lowest BCUT2D eigenvalue weighted by Crippen LogP contribution is -2.47. The predicted octanol–water partition coefficient (Wildman–Crippen LogP) is 1.92. The van der Waals surface area contributed by atoms with Crippen molar-refractivity contribution < 1.29 is 18.7 Å². The number of hydrogen-bond donors (Lipinski definition) is 2. The number of fused-ring (bicyclic) bond motifs is 1. The number of rotatable bonds is 4. The highest BCUT2D eigenvalue weighted by molar-refractivity contribution is 6.31. The number of urea groups is 1. The van der Waals surface area contributed by atoms with Gasteiger partial charge in [0.15, 0.2) is 0 Å². The molecule has 0 radical (unpaired) electrons. The number of nitrogens with zero attached hydrogens (tertiary/aromatic N) is 2. The fraction of sp³-hybridized carbons (Fsp3) is 0.556. The highest BCUT2D eigenvalue weighted by Crippen LogP contribution is 2.25. The molecule has 0 bridgehead atoms. The van der Waals surface area contributed by atoms with Gasteiger partial charge in [-0.3, -0.25) is 9.69 Å². The van der Waals surface area contributed by atoms with Crippen molar-refractivity contribution in [2.24, 2.45) is 0 Å². The highest BCUT2D eigenvalue weighted by atomic mass is 35.5. The van der Waals surface area contributed by atoms with Gasteiger partial charge in [-0.1, -0.05) is 11.6 Å². The third-order valence-corrected chi connectivity index (χ3v) is 5.19. The molecule has 0 saturated carbocycles. The lowest BCUT2D eigenvalue weighted by atomic mass is 10.1. The van der Waals surface area contributed by atoms with Crippen molar-refractivity contribution in [1.82, 2.24) is 15.1 Å². The van der Waals surface area contributed by atoms with Crippen LogP contribution in [0, 0.1) is 5.82 Å². The summed E-state index contributed by atoms with van der Waals surface area (Å²) in [6.45, 7) is 1.94. The molecule has 9 heteroatoms. The summed E-state index contributed by atoms with van der Waals surface area (Å²) >= 11 is 5.73. The third kappa shape index (κ3) is 5.09. The Hall–Kier alpha value is -1.90. The van der Waals surface area contributed by atoms with Crippen molar-refractivity contribution in [3.05, 3.63) is 29.0 Å². The normalized spacial score (nSPS) is 25.0. The average Bonchev–Trinajstić information content (AvgIpc) is 2.99. The second kappa shape index (κ2) is 8.41. The van der Waals surface area contributed by atoms with Crippen LogP contribution >= 0.6 is 11.6 Å². The standard InChI is InChI=1S/C18H24ClFN4O3/c1-23(2)17(25)7-14-9-24-8-12(5-13(24)10-27-14)22-18(26)21-11-3-4-16(20)15(19)6-11/h3-4,6,12-14H,5,7-10H2,1-2H3,(H2,21,22,26)/t12-,13-,14-/m0/s1. The summed E-state index contributed by atoms with van der Waals surface area (Å²) in [5.41, 5.74) is 0.431. The van der Waals surface area contributed by atoms with Crippen molar-refractivity contribution in [2.45, 2.75) is 31.0 Å². The molecule has 0 spiro atoms. The van der Waals surface area contributed by atoms with Crippen LogP contribution in [0.15, 0.2) is 18.2 Å². The summed E-state index contributed by atoms with van der Waals surface area (Å²) in [7, 11) is 3.47. The number of hydrogen-bond acceptors (Lipinski definition) is 4. The monoisotopic (exact) mass is 398 g/mol. The number of morpholine rings is 1. The van der Waals surface area contributed by atoms with E-state index in [0.717, 1.165) is 6.42 Å². The Labute approximate surface area is 162 Å². The van der Waals surface area contributed by atoms with Gasteiger partial charge in [-0.05, 0) is 24.6 Å². The van der Waals surface area contributed by atoms with Crippen LogP contribution < -0.4 is 10.6 Å². The van der Waals surface area contributed by atoms with Crippen molar-refractivity contribution in [1.29, 1.82) is 0 Å². The SMILES string of the molecule is CN(C)C(=O)C[C@H]1CN2C[C@@H](NC(=O)Nc3ccc(F)c(Cl)c3)C[C@H]2CO1. The minimum atomic E-state index is -0.530. The van der Waals surface area contributed by atoms with Crippen molar-refractivity contribution in [2.75, 3.05) is 39.1 Å². The first-order valence-electron chi connectivity index (χ1n) is 8.90. The van der Waals surface area contributed by atoms with Gasteiger partial charge in [-0.2, -0.15) is 0 Å². The number of nitrogens with one attached hydrogen (secondary N) is 2. The van der Waals surface area contributed by atoms with Gasteiger partial charge in [0.05, 0.1) is 24.2 Å². The Balaban J connectivity index is 1.48. The van der Waals surface area contributed by atoms with Gasteiger partial charge < -0.3 is 20.3 Å². The predicted molar refractivity (Wildman–Crippen MR) is 100 cm³/mol. The molecular weight excluding hydrogens is 375 g/mol. The molecule has 3 amide bonds. The number of ether oxygens (including phenoxy) is 1. The minimum absolute atomic E-state index is 0.0159. The topological polar surface area (TPSA) is 73.9 Å². The highest BCUT2D eigenvalue weighted by Gasteiger charge is 2.38. The van der Waals surface area contributed by atoms with Crippen LogP contribution in [-0.2, 0) is 9.53 Å². The molecule has 2 aliphatic rings. The van der Waals surface area contributed by atoms with E-state index in [1.54, 1.807) is 19.0 Å². The van der Waals surface area contributed by atoms with Crippen LogP contribution in [0.2, 0.25) is 5.02 Å². The van der Waals surface area contributed by atoms with Crippen LogP contribution in [0.25, 0.3) is 0 Å². The van der Waals surface area contributed by atoms with Gasteiger partial charge in [0.2, 0.25) is 5.91 Å². The molecule has 7 nitrogen and oxygen atoms in total. The lowest BCUT2D eigenvalue weighted by molar-refractivity contribution is -0.134. The van der Waals surface area contributed by atoms with Gasteiger partial charge in [0, 0.05) is 45.0 Å². The van der Waals surface area contributed by atoms with Crippen LogP contribution in [0.4, 0.5) is 14.9 Å². The van der Waals surface area contributed by atoms with E-state index in [1.165, 1.54) is 18.2 Å². The number of benzene rings is 1. The van der Waals surface area contributed by atoms with E-state index >= 15 is 0 Å². The Morgan fingerprint density at radius 1 is 1.37 bits per heavy atom. The summed E-state index contributed by atoms with van der Waals surface area (Å²) in [5, 5.41) is 5.56. The molecule has 1 aromatic rings. The van der Waals surface area contributed by atoms with E-state index in [4.69, 9.17) is 16.3 Å². The Morgan fingerprint density at radius 2 is 2.15 bits per heavy atom. The van der Waals surface area contributed by atoms with Gasteiger partial charge in [0.1, 0.15) is 5.82 Å². The number of halogens is 2. The smallest absolute Gasteiger partial charge is 0.319 e. The second-order valence-corrected chi connectivity index (χ2v) is 7.62. The largest absolute Gasteiger partial charge is 0.375 e. The molecular formula is C18H24ClFN4O3. The molecule has 0 aliphatic carbocycles. The quantitative estimate of drug-likeness (QED) is 0.812. The zero-order valence-electron chi connectivity index (χ0n) is 15.4. The Bertz CT molecular complexity index is 718. The zero-order chi connectivity index (χ0) is 19.6. The van der Waals surface area contributed by atoms with E-state index in [9.17, 15) is 14.0 Å². The molecule has 2 saturated heterocycles. The summed E-state index contributed by atoms with van der Waals surface area (Å²) in [5.74, 6) is -0.484. The Morgan fingerprint density at radius 3 is 2.85 bits per heavy atom. The summed E-state index contributed by atoms with van der Waals surface area (Å²) < 4.78 is 19.0. The molecule has 2 aliphatic heterocycles. The second-order valence-electron chi connectivity index (χ2n) is 7.22. The summed E-state index contributed by atoms with van der Waals surface area (Å²) in [6, 6.07) is 3.90. The van der Waals surface area contributed by atoms with E-state index in [2.05, 4.69) is 15.5 Å². The lowest BCUT2D eigenvalue weighted by Gasteiger charge is -2.35. The van der Waals surface area contributed by atoms with Gasteiger partial charge in [0.25, 0.3) is 0 Å². The van der Waals surface area contributed by atoms with Gasteiger partial charge in [-0.25, -0.2) is 9.18 Å². The summed E-state index contributed by atoms with van der Waals surface area (Å²) in [4.78, 5) is 27.9. The fourth-order valence-corrected chi connectivity index (χ4v) is 3.66. The molecule has 1 aromatic carbocycles. The first-order valence-corrected chi connectivity index (χ1v) is 9.28.